The Bertz CT molecular complexity index is 564. The van der Waals surface area contributed by atoms with Gasteiger partial charge in [-0.1, -0.05) is 12.1 Å². The average molecular weight is 316 g/mol. The lowest BCUT2D eigenvalue weighted by molar-refractivity contribution is 0.00578. The summed E-state index contributed by atoms with van der Waals surface area (Å²) in [4.78, 5) is 14.4. The van der Waals surface area contributed by atoms with Gasteiger partial charge < -0.3 is 19.5 Å². The molecule has 1 N–H and O–H groups in total. The van der Waals surface area contributed by atoms with Crippen LogP contribution in [-0.2, 0) is 9.31 Å². The van der Waals surface area contributed by atoms with E-state index in [0.717, 1.165) is 31.6 Å². The molecule has 23 heavy (non-hydrogen) atoms. The van der Waals surface area contributed by atoms with Crippen molar-refractivity contribution < 1.29 is 14.1 Å². The number of carbonyl (C=O) groups is 1. The molecule has 0 radical (unpaired) electrons. The van der Waals surface area contributed by atoms with Gasteiger partial charge in [0.05, 0.1) is 11.2 Å². The molecule has 0 atom stereocenters. The SMILES string of the molecule is CC1(C)OB(c2ccc(C(=O)N3CCNCC3)cc2)OC1(C)C. The van der Waals surface area contributed by atoms with Crippen LogP contribution in [0.2, 0.25) is 0 Å². The molecule has 0 spiro atoms. The second-order valence-corrected chi connectivity index (χ2v) is 7.25. The van der Waals surface area contributed by atoms with E-state index in [9.17, 15) is 4.79 Å². The summed E-state index contributed by atoms with van der Waals surface area (Å²) >= 11 is 0. The minimum atomic E-state index is -0.386. The van der Waals surface area contributed by atoms with Crippen LogP contribution in [0.25, 0.3) is 0 Å². The first-order valence-corrected chi connectivity index (χ1v) is 8.26. The van der Waals surface area contributed by atoms with Gasteiger partial charge in [0.25, 0.3) is 5.91 Å². The van der Waals surface area contributed by atoms with E-state index in [1.807, 2.05) is 56.9 Å². The summed E-state index contributed by atoms with van der Waals surface area (Å²) in [5.41, 5.74) is 0.951. The minimum absolute atomic E-state index is 0.0898. The molecule has 2 heterocycles. The topological polar surface area (TPSA) is 50.8 Å². The van der Waals surface area contributed by atoms with Gasteiger partial charge >= 0.3 is 7.12 Å². The Kier molecular flexibility index (Phi) is 4.25. The predicted octanol–water partition coefficient (Wildman–Crippen LogP) is 1.03. The molecule has 2 aliphatic rings. The highest BCUT2D eigenvalue weighted by atomic mass is 16.7. The average Bonchev–Trinajstić information content (AvgIpc) is 2.76. The molecule has 1 aromatic rings. The number of hydrogen-bond acceptors (Lipinski definition) is 4. The van der Waals surface area contributed by atoms with E-state index in [-0.39, 0.29) is 24.2 Å². The summed E-state index contributed by atoms with van der Waals surface area (Å²) < 4.78 is 12.1. The smallest absolute Gasteiger partial charge is 0.399 e. The van der Waals surface area contributed by atoms with Crippen LogP contribution in [0.4, 0.5) is 0 Å². The number of hydrogen-bond donors (Lipinski definition) is 1. The van der Waals surface area contributed by atoms with Crippen LogP contribution in [-0.4, -0.2) is 55.3 Å². The van der Waals surface area contributed by atoms with E-state index in [1.54, 1.807) is 0 Å². The first kappa shape index (κ1) is 16.5. The summed E-state index contributed by atoms with van der Waals surface area (Å²) in [6.45, 7) is 11.4. The van der Waals surface area contributed by atoms with Crippen molar-refractivity contribution in [3.8, 4) is 0 Å². The normalized spacial score (nSPS) is 23.1. The molecule has 0 unspecified atom stereocenters. The Labute approximate surface area is 138 Å². The summed E-state index contributed by atoms with van der Waals surface area (Å²) in [5.74, 6) is 0.0898. The Hall–Kier alpha value is -1.37. The molecule has 2 aliphatic heterocycles. The largest absolute Gasteiger partial charge is 0.494 e. The molecular weight excluding hydrogens is 291 g/mol. The van der Waals surface area contributed by atoms with Gasteiger partial charge in [0.15, 0.2) is 0 Å². The fourth-order valence-corrected chi connectivity index (χ4v) is 2.81. The van der Waals surface area contributed by atoms with Gasteiger partial charge in [-0.15, -0.1) is 0 Å². The van der Waals surface area contributed by atoms with Gasteiger partial charge in [0, 0.05) is 31.7 Å². The molecule has 3 rings (SSSR count). The fraction of sp³-hybridized carbons (Fsp3) is 0.588. The van der Waals surface area contributed by atoms with Crippen molar-refractivity contribution in [3.05, 3.63) is 29.8 Å². The first-order valence-electron chi connectivity index (χ1n) is 8.26. The highest BCUT2D eigenvalue weighted by molar-refractivity contribution is 6.62. The van der Waals surface area contributed by atoms with Crippen molar-refractivity contribution in [1.82, 2.24) is 10.2 Å². The minimum Gasteiger partial charge on any atom is -0.399 e. The highest BCUT2D eigenvalue weighted by Gasteiger charge is 2.51. The Morgan fingerprint density at radius 1 is 1.04 bits per heavy atom. The van der Waals surface area contributed by atoms with Crippen LogP contribution in [0, 0.1) is 0 Å². The zero-order valence-corrected chi connectivity index (χ0v) is 14.4. The third-order valence-corrected chi connectivity index (χ3v) is 5.09. The van der Waals surface area contributed by atoms with Crippen LogP contribution in [0.5, 0.6) is 0 Å². The van der Waals surface area contributed by atoms with Gasteiger partial charge in [-0.05, 0) is 45.3 Å². The van der Waals surface area contributed by atoms with Crippen LogP contribution < -0.4 is 10.8 Å². The molecule has 2 saturated heterocycles. The number of rotatable bonds is 2. The number of nitrogens with one attached hydrogen (secondary N) is 1. The molecule has 0 aliphatic carbocycles. The molecule has 6 heteroatoms. The fourth-order valence-electron chi connectivity index (χ4n) is 2.81. The lowest BCUT2D eigenvalue weighted by Crippen LogP contribution is -2.46. The Balaban J connectivity index is 1.71. The Morgan fingerprint density at radius 2 is 1.57 bits per heavy atom. The van der Waals surface area contributed by atoms with E-state index in [0.29, 0.717) is 5.56 Å². The number of nitrogens with zero attached hydrogens (tertiary/aromatic N) is 1. The van der Waals surface area contributed by atoms with Crippen molar-refractivity contribution in [2.24, 2.45) is 0 Å². The number of benzene rings is 1. The van der Waals surface area contributed by atoms with Crippen molar-refractivity contribution in [3.63, 3.8) is 0 Å². The van der Waals surface area contributed by atoms with E-state index in [1.165, 1.54) is 0 Å². The van der Waals surface area contributed by atoms with E-state index < -0.39 is 0 Å². The monoisotopic (exact) mass is 316 g/mol. The van der Waals surface area contributed by atoms with E-state index in [4.69, 9.17) is 9.31 Å². The van der Waals surface area contributed by atoms with Crippen LogP contribution in [0.15, 0.2) is 24.3 Å². The van der Waals surface area contributed by atoms with Gasteiger partial charge in [0.2, 0.25) is 0 Å². The zero-order chi connectivity index (χ0) is 16.7. The lowest BCUT2D eigenvalue weighted by Gasteiger charge is -2.32. The van der Waals surface area contributed by atoms with E-state index >= 15 is 0 Å². The standard InChI is InChI=1S/C17H25BN2O3/c1-16(2)17(3,4)23-18(22-16)14-7-5-13(6-8-14)15(21)20-11-9-19-10-12-20/h5-8,19H,9-12H2,1-4H3. The molecule has 2 fully saturated rings. The molecule has 124 valence electrons. The van der Waals surface area contributed by atoms with Gasteiger partial charge in [0.1, 0.15) is 0 Å². The van der Waals surface area contributed by atoms with Gasteiger partial charge in [-0.2, -0.15) is 0 Å². The molecule has 5 nitrogen and oxygen atoms in total. The third kappa shape index (κ3) is 3.16. The number of carbonyl (C=O) groups excluding carboxylic acids is 1. The first-order chi connectivity index (χ1) is 10.8. The quantitative estimate of drug-likeness (QED) is 0.828. The maximum atomic E-state index is 12.5. The predicted molar refractivity (Wildman–Crippen MR) is 90.9 cm³/mol. The van der Waals surface area contributed by atoms with Crippen molar-refractivity contribution in [1.29, 1.82) is 0 Å². The maximum absolute atomic E-state index is 12.5. The summed E-state index contributed by atoms with van der Waals surface area (Å²) in [7, 11) is -0.386. The molecule has 0 bridgehead atoms. The second kappa shape index (κ2) is 5.93. The second-order valence-electron chi connectivity index (χ2n) is 7.25. The number of piperazine rings is 1. The van der Waals surface area contributed by atoms with Gasteiger partial charge in [-0.25, -0.2) is 0 Å². The van der Waals surface area contributed by atoms with Crippen molar-refractivity contribution in [2.75, 3.05) is 26.2 Å². The maximum Gasteiger partial charge on any atom is 0.494 e. The zero-order valence-electron chi connectivity index (χ0n) is 14.4. The lowest BCUT2D eigenvalue weighted by atomic mass is 9.79. The van der Waals surface area contributed by atoms with Crippen LogP contribution in [0.3, 0.4) is 0 Å². The van der Waals surface area contributed by atoms with Gasteiger partial charge in [-0.3, -0.25) is 4.79 Å². The summed E-state index contributed by atoms with van der Waals surface area (Å²) in [5, 5.41) is 3.26. The van der Waals surface area contributed by atoms with Crippen LogP contribution in [0.1, 0.15) is 38.1 Å². The van der Waals surface area contributed by atoms with Crippen molar-refractivity contribution in [2.45, 2.75) is 38.9 Å². The Morgan fingerprint density at radius 3 is 2.09 bits per heavy atom. The molecule has 0 saturated carbocycles. The van der Waals surface area contributed by atoms with Crippen LogP contribution >= 0.6 is 0 Å². The summed E-state index contributed by atoms with van der Waals surface area (Å²) in [6, 6.07) is 7.59. The molecular formula is C17H25BN2O3. The molecule has 1 amide bonds. The van der Waals surface area contributed by atoms with Crippen molar-refractivity contribution >= 4 is 18.5 Å². The van der Waals surface area contributed by atoms with E-state index in [2.05, 4.69) is 5.32 Å². The molecule has 1 aromatic carbocycles. The molecule has 0 aromatic heterocycles. The summed E-state index contributed by atoms with van der Waals surface area (Å²) in [6.07, 6.45) is 0. The third-order valence-electron chi connectivity index (χ3n) is 5.09. The highest BCUT2D eigenvalue weighted by Crippen LogP contribution is 2.36. The number of amides is 1.